The topological polar surface area (TPSA) is 50.8 Å². The van der Waals surface area contributed by atoms with Crippen molar-refractivity contribution in [2.24, 2.45) is 0 Å². The van der Waals surface area contributed by atoms with Crippen LogP contribution in [0.25, 0.3) is 0 Å². The molecule has 1 heterocycles. The summed E-state index contributed by atoms with van der Waals surface area (Å²) in [6.07, 6.45) is -2.54. The highest BCUT2D eigenvalue weighted by molar-refractivity contribution is 5.70. The fourth-order valence-electron chi connectivity index (χ4n) is 3.50. The third-order valence-electron chi connectivity index (χ3n) is 4.89. The van der Waals surface area contributed by atoms with Crippen molar-refractivity contribution in [3.8, 4) is 5.75 Å². The number of rotatable bonds is 5. The number of nitrogens with one attached hydrogen (secondary N) is 1. The Balaban J connectivity index is 1.89. The van der Waals surface area contributed by atoms with Crippen LogP contribution < -0.4 is 10.1 Å². The van der Waals surface area contributed by atoms with Crippen LogP contribution in [0.15, 0.2) is 18.2 Å². The molecule has 1 amide bonds. The average molecular weight is 376 g/mol. The highest BCUT2D eigenvalue weighted by atomic mass is 19.4. The predicted molar refractivity (Wildman–Crippen MR) is 84.1 cm³/mol. The first-order valence-electron chi connectivity index (χ1n) is 8.40. The van der Waals surface area contributed by atoms with Crippen molar-refractivity contribution in [2.45, 2.75) is 43.6 Å². The summed E-state index contributed by atoms with van der Waals surface area (Å²) in [5.41, 5.74) is -0.393. The van der Waals surface area contributed by atoms with Gasteiger partial charge in [0.2, 0.25) is 0 Å². The summed E-state index contributed by atoms with van der Waals surface area (Å²) in [7, 11) is 1.26. The fourth-order valence-corrected chi connectivity index (χ4v) is 3.50. The van der Waals surface area contributed by atoms with Crippen molar-refractivity contribution in [3.63, 3.8) is 0 Å². The Labute approximate surface area is 148 Å². The Morgan fingerprint density at radius 1 is 1.38 bits per heavy atom. The lowest BCUT2D eigenvalue weighted by Gasteiger charge is -2.33. The van der Waals surface area contributed by atoms with Gasteiger partial charge in [-0.1, -0.05) is 6.07 Å². The lowest BCUT2D eigenvalue weighted by molar-refractivity contribution is -0.275. The molecule has 1 aromatic carbocycles. The van der Waals surface area contributed by atoms with Crippen molar-refractivity contribution >= 4 is 6.09 Å². The SMILES string of the molecule is COC(=O)N(C[C@@H]1CCCN1)C1(c2ccc(F)c(OC(F)(F)F)c2)CC1. The second-order valence-electron chi connectivity index (χ2n) is 6.60. The summed E-state index contributed by atoms with van der Waals surface area (Å²) in [5.74, 6) is -2.01. The monoisotopic (exact) mass is 376 g/mol. The van der Waals surface area contributed by atoms with Gasteiger partial charge in [-0.15, -0.1) is 13.2 Å². The molecule has 0 aromatic heterocycles. The number of carbonyl (C=O) groups excluding carboxylic acids is 1. The number of nitrogens with zero attached hydrogens (tertiary/aromatic N) is 1. The Hall–Kier alpha value is -2.03. The highest BCUT2D eigenvalue weighted by Gasteiger charge is 2.53. The summed E-state index contributed by atoms with van der Waals surface area (Å²) in [6.45, 7) is 1.23. The molecule has 1 N–H and O–H groups in total. The molecule has 9 heteroatoms. The van der Waals surface area contributed by atoms with Crippen LogP contribution in [0.2, 0.25) is 0 Å². The predicted octanol–water partition coefficient (Wildman–Crippen LogP) is 3.53. The number of ether oxygens (including phenoxy) is 2. The summed E-state index contributed by atoms with van der Waals surface area (Å²) < 4.78 is 59.9. The first-order valence-corrected chi connectivity index (χ1v) is 8.40. The third kappa shape index (κ3) is 3.87. The minimum absolute atomic E-state index is 0.0953. The van der Waals surface area contributed by atoms with E-state index in [4.69, 9.17) is 4.74 Å². The van der Waals surface area contributed by atoms with Gasteiger partial charge in [-0.3, -0.25) is 4.90 Å². The maximum atomic E-state index is 13.7. The number of alkyl halides is 3. The molecular weight excluding hydrogens is 356 g/mol. The zero-order valence-electron chi connectivity index (χ0n) is 14.2. The van der Waals surface area contributed by atoms with Gasteiger partial charge < -0.3 is 14.8 Å². The van der Waals surface area contributed by atoms with Crippen molar-refractivity contribution in [1.29, 1.82) is 0 Å². The molecule has 0 radical (unpaired) electrons. The molecule has 0 unspecified atom stereocenters. The van der Waals surface area contributed by atoms with Crippen molar-refractivity contribution in [1.82, 2.24) is 10.2 Å². The van der Waals surface area contributed by atoms with Crippen LogP contribution in [-0.4, -0.2) is 43.6 Å². The molecule has 5 nitrogen and oxygen atoms in total. The molecule has 1 aliphatic carbocycles. The van der Waals surface area contributed by atoms with E-state index in [9.17, 15) is 22.4 Å². The molecule has 1 atom stereocenters. The zero-order chi connectivity index (χ0) is 18.9. The number of benzene rings is 1. The molecule has 0 spiro atoms. The highest BCUT2D eigenvalue weighted by Crippen LogP contribution is 2.52. The second kappa shape index (κ2) is 6.94. The molecule has 1 aromatic rings. The Bertz CT molecular complexity index is 670. The Kier molecular flexibility index (Phi) is 5.01. The molecule has 3 rings (SSSR count). The van der Waals surface area contributed by atoms with Gasteiger partial charge >= 0.3 is 12.5 Å². The smallest absolute Gasteiger partial charge is 0.453 e. The van der Waals surface area contributed by atoms with E-state index in [1.165, 1.54) is 18.1 Å². The van der Waals surface area contributed by atoms with Crippen LogP contribution in [0.5, 0.6) is 5.75 Å². The largest absolute Gasteiger partial charge is 0.573 e. The van der Waals surface area contributed by atoms with E-state index in [0.717, 1.165) is 31.5 Å². The number of halogens is 4. The van der Waals surface area contributed by atoms with E-state index >= 15 is 0 Å². The number of methoxy groups -OCH3 is 1. The van der Waals surface area contributed by atoms with E-state index in [0.29, 0.717) is 24.9 Å². The summed E-state index contributed by atoms with van der Waals surface area (Å²) in [6, 6.07) is 3.44. The molecule has 2 aliphatic rings. The van der Waals surface area contributed by atoms with Crippen molar-refractivity contribution in [2.75, 3.05) is 20.2 Å². The minimum atomic E-state index is -4.99. The van der Waals surface area contributed by atoms with E-state index in [2.05, 4.69) is 10.1 Å². The number of amides is 1. The fraction of sp³-hybridized carbons (Fsp3) is 0.588. The quantitative estimate of drug-likeness (QED) is 0.799. The summed E-state index contributed by atoms with van der Waals surface area (Å²) >= 11 is 0. The van der Waals surface area contributed by atoms with Crippen molar-refractivity contribution < 1.29 is 31.8 Å². The summed E-state index contributed by atoms with van der Waals surface area (Å²) in [5, 5.41) is 3.29. The van der Waals surface area contributed by atoms with Gasteiger partial charge in [0.25, 0.3) is 0 Å². The molecule has 0 bridgehead atoms. The number of hydrogen-bond acceptors (Lipinski definition) is 4. The van der Waals surface area contributed by atoms with E-state index in [1.807, 2.05) is 0 Å². The molecule has 1 aliphatic heterocycles. The van der Waals surface area contributed by atoms with Crippen LogP contribution in [0.4, 0.5) is 22.4 Å². The first kappa shape index (κ1) is 18.8. The van der Waals surface area contributed by atoms with E-state index in [1.54, 1.807) is 0 Å². The van der Waals surface area contributed by atoms with Gasteiger partial charge in [-0.05, 0) is 49.9 Å². The molecule has 2 fully saturated rings. The number of carbonyl (C=O) groups is 1. The first-order chi connectivity index (χ1) is 12.2. The van der Waals surface area contributed by atoms with Crippen LogP contribution in [-0.2, 0) is 10.3 Å². The molecular formula is C17H20F4N2O3. The normalized spacial score (nSPS) is 21.3. The lowest BCUT2D eigenvalue weighted by atomic mass is 10.0. The molecule has 144 valence electrons. The third-order valence-corrected chi connectivity index (χ3v) is 4.89. The Morgan fingerprint density at radius 2 is 2.12 bits per heavy atom. The average Bonchev–Trinajstić information content (AvgIpc) is 3.21. The molecule has 26 heavy (non-hydrogen) atoms. The van der Waals surface area contributed by atoms with Gasteiger partial charge in [0.15, 0.2) is 11.6 Å². The van der Waals surface area contributed by atoms with Crippen LogP contribution >= 0.6 is 0 Å². The maximum Gasteiger partial charge on any atom is 0.573 e. The van der Waals surface area contributed by atoms with Gasteiger partial charge in [0.1, 0.15) is 0 Å². The molecule has 1 saturated heterocycles. The van der Waals surface area contributed by atoms with Crippen LogP contribution in [0.1, 0.15) is 31.2 Å². The van der Waals surface area contributed by atoms with Gasteiger partial charge in [-0.25, -0.2) is 9.18 Å². The maximum absolute atomic E-state index is 13.7. The Morgan fingerprint density at radius 3 is 2.65 bits per heavy atom. The minimum Gasteiger partial charge on any atom is -0.453 e. The summed E-state index contributed by atoms with van der Waals surface area (Å²) in [4.78, 5) is 13.9. The van der Waals surface area contributed by atoms with E-state index in [-0.39, 0.29) is 6.04 Å². The van der Waals surface area contributed by atoms with Crippen LogP contribution in [0, 0.1) is 5.82 Å². The lowest BCUT2D eigenvalue weighted by Crippen LogP contribution is -2.47. The van der Waals surface area contributed by atoms with Gasteiger partial charge in [-0.2, -0.15) is 0 Å². The van der Waals surface area contributed by atoms with E-state index < -0.39 is 29.6 Å². The van der Waals surface area contributed by atoms with Crippen molar-refractivity contribution in [3.05, 3.63) is 29.6 Å². The van der Waals surface area contributed by atoms with Gasteiger partial charge in [0, 0.05) is 12.6 Å². The number of hydrogen-bond donors (Lipinski definition) is 1. The molecule has 1 saturated carbocycles. The standard InChI is InChI=1S/C17H20F4N2O3/c1-25-15(24)23(10-12-3-2-8-22-12)16(6-7-16)11-4-5-13(18)14(9-11)26-17(19,20)21/h4-5,9,12,22H,2-3,6-8,10H2,1H3/t12-/m0/s1. The zero-order valence-corrected chi connectivity index (χ0v) is 14.2. The second-order valence-corrected chi connectivity index (χ2v) is 6.60. The van der Waals surface area contributed by atoms with Crippen LogP contribution in [0.3, 0.4) is 0 Å². The van der Waals surface area contributed by atoms with Gasteiger partial charge in [0.05, 0.1) is 12.6 Å².